The Morgan fingerprint density at radius 3 is 2.17 bits per heavy atom. The Balaban J connectivity index is 0.00000162. The fraction of sp³-hybridized carbons (Fsp3) is 0.533. The van der Waals surface area contributed by atoms with Crippen molar-refractivity contribution in [2.75, 3.05) is 13.1 Å². The van der Waals surface area contributed by atoms with Gasteiger partial charge in [-0.25, -0.2) is 4.99 Å². The van der Waals surface area contributed by atoms with E-state index >= 15 is 0 Å². The molecule has 18 heavy (non-hydrogen) atoms. The van der Waals surface area contributed by atoms with E-state index in [1.54, 1.807) is 0 Å². The number of nitrogens with zero attached hydrogens (tertiary/aromatic N) is 2. The number of para-hydroxylation sites is 1. The van der Waals surface area contributed by atoms with E-state index in [0.717, 1.165) is 5.69 Å². The number of hydrogen-bond acceptors (Lipinski definition) is 1. The van der Waals surface area contributed by atoms with Gasteiger partial charge in [-0.15, -0.1) is 12.4 Å². The predicted octanol–water partition coefficient (Wildman–Crippen LogP) is 4.26. The second-order valence-electron chi connectivity index (χ2n) is 4.95. The average molecular weight is 267 g/mol. The van der Waals surface area contributed by atoms with Crippen LogP contribution >= 0.6 is 12.4 Å². The van der Waals surface area contributed by atoms with E-state index in [1.165, 1.54) is 49.3 Å². The van der Waals surface area contributed by atoms with Gasteiger partial charge in [0.15, 0.2) is 0 Å². The summed E-state index contributed by atoms with van der Waals surface area (Å²) in [5.41, 5.74) is 3.68. The van der Waals surface area contributed by atoms with Crippen molar-refractivity contribution in [1.82, 2.24) is 4.90 Å². The Labute approximate surface area is 117 Å². The summed E-state index contributed by atoms with van der Waals surface area (Å²) in [4.78, 5) is 7.24. The van der Waals surface area contributed by atoms with Crippen molar-refractivity contribution in [3.05, 3.63) is 29.3 Å². The number of aryl methyl sites for hydroxylation is 2. The molecule has 0 aliphatic carbocycles. The van der Waals surface area contributed by atoms with Crippen LogP contribution in [0.15, 0.2) is 23.2 Å². The molecule has 1 saturated heterocycles. The number of rotatable bonds is 1. The maximum Gasteiger partial charge on any atom is 0.102 e. The van der Waals surface area contributed by atoms with Gasteiger partial charge >= 0.3 is 0 Å². The van der Waals surface area contributed by atoms with Crippen LogP contribution in [0.4, 0.5) is 5.69 Å². The lowest BCUT2D eigenvalue weighted by molar-refractivity contribution is 0.340. The number of halogens is 1. The minimum absolute atomic E-state index is 0. The topological polar surface area (TPSA) is 15.6 Å². The quantitative estimate of drug-likeness (QED) is 0.548. The molecule has 100 valence electrons. The van der Waals surface area contributed by atoms with Crippen LogP contribution in [0, 0.1) is 13.8 Å². The van der Waals surface area contributed by atoms with E-state index in [0.29, 0.717) is 0 Å². The zero-order valence-electron chi connectivity index (χ0n) is 11.6. The SMILES string of the molecule is CC(=Nc1c(C)cccc1C)N1CCCCC1.Cl. The molecular weight excluding hydrogens is 244 g/mol. The smallest absolute Gasteiger partial charge is 0.102 e. The van der Waals surface area contributed by atoms with E-state index in [4.69, 9.17) is 4.99 Å². The highest BCUT2D eigenvalue weighted by Gasteiger charge is 2.11. The molecule has 3 heteroatoms. The summed E-state index contributed by atoms with van der Waals surface area (Å²) in [6.07, 6.45) is 3.98. The third-order valence-electron chi connectivity index (χ3n) is 3.53. The normalized spacial score (nSPS) is 16.4. The van der Waals surface area contributed by atoms with E-state index in [1.807, 2.05) is 0 Å². The van der Waals surface area contributed by atoms with Crippen LogP contribution in [0.2, 0.25) is 0 Å². The molecular formula is C15H23ClN2. The van der Waals surface area contributed by atoms with Crippen molar-refractivity contribution in [3.63, 3.8) is 0 Å². The van der Waals surface area contributed by atoms with Gasteiger partial charge in [0.05, 0.1) is 5.69 Å². The summed E-state index contributed by atoms with van der Waals surface area (Å²) in [6.45, 7) is 8.74. The van der Waals surface area contributed by atoms with Crippen molar-refractivity contribution in [3.8, 4) is 0 Å². The van der Waals surface area contributed by atoms with Gasteiger partial charge in [0.25, 0.3) is 0 Å². The van der Waals surface area contributed by atoms with Crippen LogP contribution in [-0.4, -0.2) is 23.8 Å². The number of benzene rings is 1. The second-order valence-corrected chi connectivity index (χ2v) is 4.95. The van der Waals surface area contributed by atoms with Gasteiger partial charge in [-0.2, -0.15) is 0 Å². The molecule has 0 spiro atoms. The first-order chi connectivity index (χ1) is 8.18. The molecule has 1 aliphatic heterocycles. The molecule has 0 bridgehead atoms. The Hall–Kier alpha value is -1.02. The summed E-state index contributed by atoms with van der Waals surface area (Å²) < 4.78 is 0. The molecule has 1 aromatic carbocycles. The highest BCUT2D eigenvalue weighted by atomic mass is 35.5. The standard InChI is InChI=1S/C15H22N2.ClH/c1-12-8-7-9-13(2)15(12)16-14(3)17-10-5-4-6-11-17;/h7-9H,4-6,10-11H2,1-3H3;1H. The van der Waals surface area contributed by atoms with E-state index < -0.39 is 0 Å². The van der Waals surface area contributed by atoms with Gasteiger partial charge in [-0.05, 0) is 51.2 Å². The van der Waals surface area contributed by atoms with E-state index in [-0.39, 0.29) is 12.4 Å². The average Bonchev–Trinajstić information content (AvgIpc) is 2.35. The molecule has 0 amide bonds. The van der Waals surface area contributed by atoms with Crippen molar-refractivity contribution < 1.29 is 0 Å². The summed E-state index contributed by atoms with van der Waals surface area (Å²) in [6, 6.07) is 6.37. The van der Waals surface area contributed by atoms with Crippen molar-refractivity contribution >= 4 is 23.9 Å². The molecule has 0 saturated carbocycles. The zero-order chi connectivity index (χ0) is 12.3. The molecule has 1 heterocycles. The second kappa shape index (κ2) is 6.79. The molecule has 0 radical (unpaired) electrons. The third-order valence-corrected chi connectivity index (χ3v) is 3.53. The summed E-state index contributed by atoms with van der Waals surface area (Å²) in [5.74, 6) is 1.17. The fourth-order valence-electron chi connectivity index (χ4n) is 2.43. The monoisotopic (exact) mass is 266 g/mol. The number of hydrogen-bond donors (Lipinski definition) is 0. The van der Waals surface area contributed by atoms with Crippen LogP contribution in [0.3, 0.4) is 0 Å². The molecule has 2 nitrogen and oxygen atoms in total. The number of amidine groups is 1. The van der Waals surface area contributed by atoms with Gasteiger partial charge in [-0.3, -0.25) is 0 Å². The maximum atomic E-state index is 4.82. The molecule has 1 fully saturated rings. The van der Waals surface area contributed by atoms with Gasteiger partial charge in [0.2, 0.25) is 0 Å². The van der Waals surface area contributed by atoms with Gasteiger partial charge in [0, 0.05) is 13.1 Å². The highest BCUT2D eigenvalue weighted by Crippen LogP contribution is 2.24. The Bertz CT molecular complexity index is 400. The van der Waals surface area contributed by atoms with E-state index in [2.05, 4.69) is 43.9 Å². The molecule has 2 rings (SSSR count). The first kappa shape index (κ1) is 15.0. The molecule has 0 unspecified atom stereocenters. The highest BCUT2D eigenvalue weighted by molar-refractivity contribution is 5.85. The van der Waals surface area contributed by atoms with Crippen molar-refractivity contribution in [2.24, 2.45) is 4.99 Å². The van der Waals surface area contributed by atoms with Crippen LogP contribution in [0.1, 0.15) is 37.3 Å². The Morgan fingerprint density at radius 1 is 1.06 bits per heavy atom. The lowest BCUT2D eigenvalue weighted by Crippen LogP contribution is -2.33. The van der Waals surface area contributed by atoms with Gasteiger partial charge in [0.1, 0.15) is 5.84 Å². The molecule has 1 aromatic rings. The van der Waals surface area contributed by atoms with Crippen molar-refractivity contribution in [2.45, 2.75) is 40.0 Å². The summed E-state index contributed by atoms with van der Waals surface area (Å²) in [5, 5.41) is 0. The summed E-state index contributed by atoms with van der Waals surface area (Å²) in [7, 11) is 0. The fourth-order valence-corrected chi connectivity index (χ4v) is 2.43. The Kier molecular flexibility index (Phi) is 5.67. The lowest BCUT2D eigenvalue weighted by atomic mass is 10.1. The third kappa shape index (κ3) is 3.49. The number of piperidine rings is 1. The first-order valence-corrected chi connectivity index (χ1v) is 6.55. The number of aliphatic imine (C=N–C) groups is 1. The molecule has 0 N–H and O–H groups in total. The lowest BCUT2D eigenvalue weighted by Gasteiger charge is -2.28. The minimum Gasteiger partial charge on any atom is -0.360 e. The first-order valence-electron chi connectivity index (χ1n) is 6.55. The number of likely N-dealkylation sites (tertiary alicyclic amines) is 1. The van der Waals surface area contributed by atoms with Crippen molar-refractivity contribution in [1.29, 1.82) is 0 Å². The van der Waals surface area contributed by atoms with Crippen LogP contribution in [0.25, 0.3) is 0 Å². The Morgan fingerprint density at radius 2 is 1.61 bits per heavy atom. The van der Waals surface area contributed by atoms with Crippen LogP contribution in [-0.2, 0) is 0 Å². The maximum absolute atomic E-state index is 4.82. The molecule has 1 aliphatic rings. The summed E-state index contributed by atoms with van der Waals surface area (Å²) >= 11 is 0. The predicted molar refractivity (Wildman–Crippen MR) is 81.4 cm³/mol. The largest absolute Gasteiger partial charge is 0.360 e. The van der Waals surface area contributed by atoms with Crippen LogP contribution in [0.5, 0.6) is 0 Å². The minimum atomic E-state index is 0. The molecule has 0 atom stereocenters. The van der Waals surface area contributed by atoms with E-state index in [9.17, 15) is 0 Å². The van der Waals surface area contributed by atoms with Gasteiger partial charge in [-0.1, -0.05) is 18.2 Å². The van der Waals surface area contributed by atoms with Gasteiger partial charge < -0.3 is 4.90 Å². The molecule has 0 aromatic heterocycles. The zero-order valence-corrected chi connectivity index (χ0v) is 12.4. The van der Waals surface area contributed by atoms with Crippen LogP contribution < -0.4 is 0 Å².